The van der Waals surface area contributed by atoms with E-state index in [1.54, 1.807) is 0 Å². The van der Waals surface area contributed by atoms with Crippen LogP contribution in [0.1, 0.15) is 26.3 Å². The molecule has 2 heteroatoms. The van der Waals surface area contributed by atoms with Gasteiger partial charge in [0, 0.05) is 16.5 Å². The van der Waals surface area contributed by atoms with Crippen molar-refractivity contribution in [1.82, 2.24) is 0 Å². The molecule has 0 fully saturated rings. The zero-order valence-electron chi connectivity index (χ0n) is 15.5. The zero-order chi connectivity index (χ0) is 17.9. The minimum Gasteiger partial charge on any atom is -0.380 e. The van der Waals surface area contributed by atoms with E-state index in [4.69, 9.17) is 0 Å². The lowest BCUT2D eigenvalue weighted by Gasteiger charge is -2.29. The van der Waals surface area contributed by atoms with Crippen molar-refractivity contribution in [2.45, 2.75) is 33.2 Å². The average molecular weight is 347 g/mol. The van der Waals surface area contributed by atoms with Gasteiger partial charge in [-0.15, -0.1) is 0 Å². The van der Waals surface area contributed by atoms with Gasteiger partial charge in [-0.3, -0.25) is 0 Å². The first-order chi connectivity index (χ1) is 12.0. The molecule has 3 aromatic carbocycles. The largest absolute Gasteiger partial charge is 0.380 e. The highest BCUT2D eigenvalue weighted by Gasteiger charge is 2.23. The predicted molar refractivity (Wildman–Crippen MR) is 113 cm³/mol. The quantitative estimate of drug-likeness (QED) is 0.658. The smallest absolute Gasteiger partial charge is 0.0431 e. The Morgan fingerprint density at radius 1 is 0.680 bits per heavy atom. The standard InChI is InChI=1S/C23H26NP/c1-18-12-11-17-21(24-23(2,3)4)22(18)25(19-13-7-5-8-14-19)20-15-9-6-10-16-20/h5-17,24H,1-4H3. The molecule has 3 rings (SSSR count). The number of hydrogen-bond acceptors (Lipinski definition) is 1. The molecule has 0 bridgehead atoms. The van der Waals surface area contributed by atoms with Crippen molar-refractivity contribution in [3.8, 4) is 0 Å². The summed E-state index contributed by atoms with van der Waals surface area (Å²) in [7, 11) is -0.603. The fourth-order valence-corrected chi connectivity index (χ4v) is 5.58. The number of nitrogens with one attached hydrogen (secondary N) is 1. The lowest BCUT2D eigenvalue weighted by atomic mass is 10.1. The number of benzene rings is 3. The van der Waals surface area contributed by atoms with Gasteiger partial charge in [0.1, 0.15) is 0 Å². The predicted octanol–water partition coefficient (Wildman–Crippen LogP) is 4.96. The normalized spacial score (nSPS) is 11.6. The molecule has 25 heavy (non-hydrogen) atoms. The summed E-state index contributed by atoms with van der Waals surface area (Å²) >= 11 is 0. The highest BCUT2D eigenvalue weighted by atomic mass is 31.1. The fraction of sp³-hybridized carbons (Fsp3) is 0.217. The maximum Gasteiger partial charge on any atom is 0.0431 e. The van der Waals surface area contributed by atoms with Crippen LogP contribution in [0.2, 0.25) is 0 Å². The van der Waals surface area contributed by atoms with Crippen molar-refractivity contribution in [3.63, 3.8) is 0 Å². The van der Waals surface area contributed by atoms with Crippen molar-refractivity contribution in [2.75, 3.05) is 5.32 Å². The van der Waals surface area contributed by atoms with E-state index in [0.717, 1.165) is 0 Å². The van der Waals surface area contributed by atoms with Crippen molar-refractivity contribution in [2.24, 2.45) is 0 Å². The highest BCUT2D eigenvalue weighted by molar-refractivity contribution is 7.80. The molecular formula is C23H26NP. The minimum absolute atomic E-state index is 0.0247. The van der Waals surface area contributed by atoms with E-state index in [-0.39, 0.29) is 5.54 Å². The Balaban J connectivity index is 2.21. The molecule has 0 aliphatic carbocycles. The van der Waals surface area contributed by atoms with E-state index in [9.17, 15) is 0 Å². The van der Waals surface area contributed by atoms with Gasteiger partial charge in [-0.05, 0) is 57.9 Å². The van der Waals surface area contributed by atoms with Gasteiger partial charge in [0.25, 0.3) is 0 Å². The first kappa shape index (κ1) is 17.7. The third-order valence-corrected chi connectivity index (χ3v) is 6.67. The Morgan fingerprint density at radius 3 is 1.68 bits per heavy atom. The molecule has 0 aliphatic heterocycles. The van der Waals surface area contributed by atoms with E-state index in [0.29, 0.717) is 0 Å². The first-order valence-electron chi connectivity index (χ1n) is 8.74. The van der Waals surface area contributed by atoms with Crippen molar-refractivity contribution < 1.29 is 0 Å². The molecule has 0 saturated heterocycles. The maximum atomic E-state index is 3.73. The van der Waals surface area contributed by atoms with Gasteiger partial charge in [0.05, 0.1) is 0 Å². The molecule has 0 heterocycles. The second-order valence-electron chi connectivity index (χ2n) is 7.35. The van der Waals surface area contributed by atoms with Crippen LogP contribution in [-0.2, 0) is 0 Å². The second kappa shape index (κ2) is 7.42. The molecular weight excluding hydrogens is 321 g/mol. The molecule has 0 atom stereocenters. The second-order valence-corrected chi connectivity index (χ2v) is 9.50. The molecule has 1 N–H and O–H groups in total. The number of rotatable bonds is 4. The van der Waals surface area contributed by atoms with Crippen LogP contribution in [0.4, 0.5) is 5.69 Å². The lowest BCUT2D eigenvalue weighted by molar-refractivity contribution is 0.635. The van der Waals surface area contributed by atoms with Crippen LogP contribution in [0.3, 0.4) is 0 Å². The highest BCUT2D eigenvalue weighted by Crippen LogP contribution is 2.37. The van der Waals surface area contributed by atoms with Gasteiger partial charge in [-0.25, -0.2) is 0 Å². The van der Waals surface area contributed by atoms with Crippen LogP contribution in [0.25, 0.3) is 0 Å². The van der Waals surface area contributed by atoms with E-state index < -0.39 is 7.92 Å². The van der Waals surface area contributed by atoms with Crippen LogP contribution >= 0.6 is 7.92 Å². The third kappa shape index (κ3) is 4.30. The summed E-state index contributed by atoms with van der Waals surface area (Å²) in [5.74, 6) is 0. The summed E-state index contributed by atoms with van der Waals surface area (Å²) < 4.78 is 0. The lowest BCUT2D eigenvalue weighted by Crippen LogP contribution is -2.32. The summed E-state index contributed by atoms with van der Waals surface area (Å²) in [5.41, 5.74) is 2.61. The van der Waals surface area contributed by atoms with Crippen LogP contribution in [0, 0.1) is 6.92 Å². The van der Waals surface area contributed by atoms with Gasteiger partial charge < -0.3 is 5.32 Å². The number of hydrogen-bond donors (Lipinski definition) is 1. The van der Waals surface area contributed by atoms with Gasteiger partial charge in [-0.1, -0.05) is 72.8 Å². The van der Waals surface area contributed by atoms with E-state index in [1.807, 2.05) is 0 Å². The molecule has 0 aromatic heterocycles. The van der Waals surface area contributed by atoms with Crippen molar-refractivity contribution >= 4 is 29.5 Å². The Morgan fingerprint density at radius 2 is 1.20 bits per heavy atom. The van der Waals surface area contributed by atoms with Crippen LogP contribution < -0.4 is 21.2 Å². The van der Waals surface area contributed by atoms with E-state index >= 15 is 0 Å². The fourth-order valence-electron chi connectivity index (χ4n) is 3.02. The van der Waals surface area contributed by atoms with Gasteiger partial charge in [0.2, 0.25) is 0 Å². The summed E-state index contributed by atoms with van der Waals surface area (Å²) in [6.45, 7) is 8.87. The van der Waals surface area contributed by atoms with Crippen LogP contribution in [0.5, 0.6) is 0 Å². The monoisotopic (exact) mass is 347 g/mol. The summed E-state index contributed by atoms with van der Waals surface area (Å²) in [6.07, 6.45) is 0. The number of aryl methyl sites for hydroxylation is 1. The molecule has 128 valence electrons. The summed E-state index contributed by atoms with van der Waals surface area (Å²) in [6, 6.07) is 28.4. The van der Waals surface area contributed by atoms with Crippen LogP contribution in [0.15, 0.2) is 78.9 Å². The van der Waals surface area contributed by atoms with Gasteiger partial charge >= 0.3 is 0 Å². The van der Waals surface area contributed by atoms with Crippen molar-refractivity contribution in [3.05, 3.63) is 84.4 Å². The molecule has 1 nitrogen and oxygen atoms in total. The SMILES string of the molecule is Cc1cccc(NC(C)(C)C)c1P(c1ccccc1)c1ccccc1. The Bertz CT molecular complexity index is 780. The molecule has 0 aliphatic rings. The summed E-state index contributed by atoms with van der Waals surface area (Å²) in [4.78, 5) is 0. The van der Waals surface area contributed by atoms with Gasteiger partial charge in [0.15, 0.2) is 0 Å². The first-order valence-corrected chi connectivity index (χ1v) is 10.1. The van der Waals surface area contributed by atoms with Gasteiger partial charge in [-0.2, -0.15) is 0 Å². The van der Waals surface area contributed by atoms with E-state index in [1.165, 1.54) is 27.2 Å². The Hall–Kier alpha value is -2.11. The van der Waals surface area contributed by atoms with Crippen molar-refractivity contribution in [1.29, 1.82) is 0 Å². The molecule has 0 spiro atoms. The molecule has 0 radical (unpaired) electrons. The Labute approximate surface area is 152 Å². The molecule has 0 saturated carbocycles. The topological polar surface area (TPSA) is 12.0 Å². The number of anilines is 1. The average Bonchev–Trinajstić information content (AvgIpc) is 2.58. The molecule has 3 aromatic rings. The van der Waals surface area contributed by atoms with Crippen LogP contribution in [-0.4, -0.2) is 5.54 Å². The van der Waals surface area contributed by atoms with E-state index in [2.05, 4.69) is 112 Å². The maximum absolute atomic E-state index is 3.73. The molecule has 0 amide bonds. The summed E-state index contributed by atoms with van der Waals surface area (Å²) in [5, 5.41) is 7.92. The Kier molecular flexibility index (Phi) is 5.25. The minimum atomic E-state index is -0.603. The zero-order valence-corrected chi connectivity index (χ0v) is 16.3. The third-order valence-electron chi connectivity index (χ3n) is 4.00. The molecule has 0 unspecified atom stereocenters.